The molecule has 7 nitrogen and oxygen atoms in total. The minimum atomic E-state index is -0.326. The molecule has 0 atom stereocenters. The second-order valence-electron chi connectivity index (χ2n) is 5.86. The predicted molar refractivity (Wildman–Crippen MR) is 103 cm³/mol. The maximum atomic E-state index is 13.1. The predicted octanol–water partition coefficient (Wildman–Crippen LogP) is 3.34. The van der Waals surface area contributed by atoms with E-state index in [9.17, 15) is 4.79 Å². The van der Waals surface area contributed by atoms with Crippen LogP contribution in [0.5, 0.6) is 11.5 Å². The average Bonchev–Trinajstić information content (AvgIpc) is 3.16. The summed E-state index contributed by atoms with van der Waals surface area (Å²) in [6, 6.07) is 13.1. The van der Waals surface area contributed by atoms with Gasteiger partial charge in [0.05, 0.1) is 25.6 Å². The third-order valence-corrected chi connectivity index (χ3v) is 3.96. The average molecular weight is 366 g/mol. The Labute approximate surface area is 158 Å². The van der Waals surface area contributed by atoms with Gasteiger partial charge in [-0.25, -0.2) is 9.67 Å². The lowest BCUT2D eigenvalue weighted by Gasteiger charge is -2.18. The lowest BCUT2D eigenvalue weighted by molar-refractivity contribution is 0.0982. The summed E-state index contributed by atoms with van der Waals surface area (Å²) in [5.74, 6) is 1.04. The summed E-state index contributed by atoms with van der Waals surface area (Å²) in [7, 11) is 3.18. The van der Waals surface area contributed by atoms with E-state index in [4.69, 9.17) is 9.47 Å². The topological polar surface area (TPSA) is 69.5 Å². The van der Waals surface area contributed by atoms with Gasteiger partial charge in [-0.2, -0.15) is 5.10 Å². The Morgan fingerprint density at radius 2 is 1.93 bits per heavy atom. The van der Waals surface area contributed by atoms with Crippen LogP contribution in [0.2, 0.25) is 0 Å². The molecule has 1 amide bonds. The maximum Gasteiger partial charge on any atom is 0.283 e. The van der Waals surface area contributed by atoms with E-state index in [0.717, 1.165) is 12.1 Å². The van der Waals surface area contributed by atoms with Gasteiger partial charge in [0, 0.05) is 13.2 Å². The van der Waals surface area contributed by atoms with Crippen molar-refractivity contribution in [3.8, 4) is 17.2 Å². The Morgan fingerprint density at radius 1 is 1.15 bits per heavy atom. The molecule has 0 bridgehead atoms. The summed E-state index contributed by atoms with van der Waals surface area (Å²) < 4.78 is 12.7. The van der Waals surface area contributed by atoms with Gasteiger partial charge in [-0.3, -0.25) is 9.69 Å². The van der Waals surface area contributed by atoms with Crippen LogP contribution in [-0.2, 0) is 0 Å². The smallest absolute Gasteiger partial charge is 0.283 e. The van der Waals surface area contributed by atoms with Crippen molar-refractivity contribution in [2.45, 2.75) is 13.3 Å². The number of pyridine rings is 1. The van der Waals surface area contributed by atoms with Crippen molar-refractivity contribution in [1.82, 2.24) is 14.8 Å². The molecule has 3 aromatic rings. The summed E-state index contributed by atoms with van der Waals surface area (Å²) in [6.45, 7) is 2.51. The molecule has 3 rings (SSSR count). The monoisotopic (exact) mass is 366 g/mol. The van der Waals surface area contributed by atoms with Gasteiger partial charge in [0.15, 0.2) is 23.0 Å². The Hall–Kier alpha value is -3.35. The molecule has 0 N–H and O–H groups in total. The number of hydrogen-bond acceptors (Lipinski definition) is 5. The normalized spacial score (nSPS) is 10.5. The fraction of sp³-hybridized carbons (Fsp3) is 0.250. The van der Waals surface area contributed by atoms with Crippen molar-refractivity contribution in [2.75, 3.05) is 25.7 Å². The molecule has 0 fully saturated rings. The second kappa shape index (κ2) is 8.35. The number of nitrogens with zero attached hydrogens (tertiary/aromatic N) is 4. The Kier molecular flexibility index (Phi) is 5.71. The van der Waals surface area contributed by atoms with Gasteiger partial charge in [-0.05, 0) is 30.7 Å². The fourth-order valence-electron chi connectivity index (χ4n) is 2.59. The van der Waals surface area contributed by atoms with Gasteiger partial charge in [-0.15, -0.1) is 0 Å². The van der Waals surface area contributed by atoms with Crippen LogP contribution in [0.3, 0.4) is 0 Å². The number of carbonyl (C=O) groups is 1. The Morgan fingerprint density at radius 3 is 2.63 bits per heavy atom. The molecule has 2 aromatic heterocycles. The maximum absolute atomic E-state index is 13.1. The molecule has 1 aromatic carbocycles. The van der Waals surface area contributed by atoms with Crippen molar-refractivity contribution in [1.29, 1.82) is 0 Å². The van der Waals surface area contributed by atoms with Gasteiger partial charge < -0.3 is 9.47 Å². The number of anilines is 1. The van der Waals surface area contributed by atoms with E-state index >= 15 is 0 Å². The number of aromatic nitrogens is 3. The molecule has 0 saturated carbocycles. The molecule has 0 unspecified atom stereocenters. The van der Waals surface area contributed by atoms with Crippen LogP contribution in [-0.4, -0.2) is 41.4 Å². The quantitative estimate of drug-likeness (QED) is 0.641. The lowest BCUT2D eigenvalue weighted by Crippen LogP contribution is -2.28. The molecule has 140 valence electrons. The van der Waals surface area contributed by atoms with Gasteiger partial charge >= 0.3 is 0 Å². The van der Waals surface area contributed by atoms with E-state index in [-0.39, 0.29) is 11.6 Å². The molecular weight excluding hydrogens is 344 g/mol. The Balaban J connectivity index is 1.98. The van der Waals surface area contributed by atoms with Gasteiger partial charge in [0.1, 0.15) is 0 Å². The number of hydrogen-bond donors (Lipinski definition) is 0. The number of benzene rings is 1. The van der Waals surface area contributed by atoms with E-state index in [1.807, 2.05) is 37.3 Å². The highest BCUT2D eigenvalue weighted by molar-refractivity contribution is 6.06. The van der Waals surface area contributed by atoms with Crippen molar-refractivity contribution < 1.29 is 14.3 Å². The summed E-state index contributed by atoms with van der Waals surface area (Å²) in [6.07, 6.45) is 4.16. The van der Waals surface area contributed by atoms with Crippen LogP contribution in [0.15, 0.2) is 54.9 Å². The summed E-state index contributed by atoms with van der Waals surface area (Å²) in [5.41, 5.74) is 1.07. The molecule has 0 radical (unpaired) electrons. The van der Waals surface area contributed by atoms with Crippen molar-refractivity contribution in [3.05, 3.63) is 60.6 Å². The van der Waals surface area contributed by atoms with Crippen LogP contribution in [0.25, 0.3) is 5.69 Å². The number of amides is 1. The minimum absolute atomic E-state index is 0.225. The summed E-state index contributed by atoms with van der Waals surface area (Å²) in [4.78, 5) is 18.8. The molecule has 7 heteroatoms. The van der Waals surface area contributed by atoms with Crippen LogP contribution in [0.4, 0.5) is 5.82 Å². The first-order valence-electron chi connectivity index (χ1n) is 8.70. The van der Waals surface area contributed by atoms with Crippen LogP contribution >= 0.6 is 0 Å². The molecule has 27 heavy (non-hydrogen) atoms. The van der Waals surface area contributed by atoms with E-state index < -0.39 is 0 Å². The van der Waals surface area contributed by atoms with Gasteiger partial charge in [-0.1, -0.05) is 25.1 Å². The third-order valence-electron chi connectivity index (χ3n) is 3.96. The number of rotatable bonds is 7. The fourth-order valence-corrected chi connectivity index (χ4v) is 2.59. The van der Waals surface area contributed by atoms with Crippen molar-refractivity contribution in [3.63, 3.8) is 0 Å². The largest absolute Gasteiger partial charge is 0.493 e. The van der Waals surface area contributed by atoms with Crippen molar-refractivity contribution in [2.24, 2.45) is 0 Å². The first-order chi connectivity index (χ1) is 13.2. The molecule has 0 aliphatic heterocycles. The van der Waals surface area contributed by atoms with E-state index in [1.54, 1.807) is 43.4 Å². The van der Waals surface area contributed by atoms with Crippen LogP contribution < -0.4 is 14.4 Å². The van der Waals surface area contributed by atoms with E-state index in [1.165, 1.54) is 4.90 Å². The number of methoxy groups -OCH3 is 1. The van der Waals surface area contributed by atoms with Gasteiger partial charge in [0.2, 0.25) is 0 Å². The van der Waals surface area contributed by atoms with Crippen LogP contribution in [0, 0.1) is 0 Å². The number of para-hydroxylation sites is 1. The second-order valence-corrected chi connectivity index (χ2v) is 5.86. The highest BCUT2D eigenvalue weighted by Crippen LogP contribution is 2.27. The Bertz CT molecular complexity index is 909. The molecule has 0 saturated heterocycles. The molecule has 0 spiro atoms. The highest BCUT2D eigenvalue weighted by Gasteiger charge is 2.25. The summed E-state index contributed by atoms with van der Waals surface area (Å²) >= 11 is 0. The van der Waals surface area contributed by atoms with E-state index in [0.29, 0.717) is 23.9 Å². The molecule has 2 heterocycles. The number of ether oxygens (including phenoxy) is 2. The zero-order valence-electron chi connectivity index (χ0n) is 15.6. The third kappa shape index (κ3) is 3.92. The van der Waals surface area contributed by atoms with Gasteiger partial charge in [0.25, 0.3) is 5.91 Å². The lowest BCUT2D eigenvalue weighted by atomic mass is 10.3. The van der Waals surface area contributed by atoms with E-state index in [2.05, 4.69) is 10.1 Å². The minimum Gasteiger partial charge on any atom is -0.493 e. The summed E-state index contributed by atoms with van der Waals surface area (Å²) in [5, 5.41) is 4.47. The SMILES string of the molecule is CCCOc1cn(-c2ccccc2)nc1C(=O)N(C)c1ncccc1OC. The number of carbonyl (C=O) groups excluding carboxylic acids is 1. The molecule has 0 aliphatic rings. The first kappa shape index (κ1) is 18.4. The first-order valence-corrected chi connectivity index (χ1v) is 8.70. The molecular formula is C20H22N4O3. The van der Waals surface area contributed by atoms with Crippen molar-refractivity contribution >= 4 is 11.7 Å². The zero-order chi connectivity index (χ0) is 19.2. The van der Waals surface area contributed by atoms with Crippen LogP contribution in [0.1, 0.15) is 23.8 Å². The highest BCUT2D eigenvalue weighted by atomic mass is 16.5. The molecule has 0 aliphatic carbocycles. The zero-order valence-corrected chi connectivity index (χ0v) is 15.6. The standard InChI is InChI=1S/C20H22N4O3/c1-4-13-27-17-14-24(15-9-6-5-7-10-15)22-18(17)20(25)23(2)19-16(26-3)11-8-12-21-19/h5-12,14H,4,13H2,1-3H3.